The standard InChI is InChI=1S/C36H38ClFN4O4/c1-22(2)42-33(23-6-10-27(38)11-7-23)32(40-34(42)24-4-5-24)35(43)39-28-12-15-31(37)26(20-28)21-41-18-16-30(17-19-41)46-29-13-8-25(9-14-29)36(44)45-3/h6-15,20,22,24,30H,4-5,16-19,21H2,1-3H3,(H,39,43). The Balaban J connectivity index is 1.13. The lowest BCUT2D eigenvalue weighted by molar-refractivity contribution is 0.0600. The molecule has 3 aromatic carbocycles. The number of benzene rings is 3. The molecule has 6 rings (SSSR count). The summed E-state index contributed by atoms with van der Waals surface area (Å²) >= 11 is 6.63. The zero-order chi connectivity index (χ0) is 32.4. The first-order chi connectivity index (χ1) is 22.2. The number of anilines is 1. The smallest absolute Gasteiger partial charge is 0.337 e. The summed E-state index contributed by atoms with van der Waals surface area (Å²) in [6.07, 6.45) is 3.85. The molecule has 2 aliphatic rings. The van der Waals surface area contributed by atoms with Gasteiger partial charge in [-0.2, -0.15) is 0 Å². The third-order valence-electron chi connectivity index (χ3n) is 8.54. The molecule has 0 bridgehead atoms. The van der Waals surface area contributed by atoms with Crippen molar-refractivity contribution < 1.29 is 23.5 Å². The second-order valence-electron chi connectivity index (χ2n) is 12.3. The molecule has 4 aromatic rings. The average molecular weight is 645 g/mol. The number of hydrogen-bond acceptors (Lipinski definition) is 6. The molecular formula is C36H38ClFN4O4. The summed E-state index contributed by atoms with van der Waals surface area (Å²) in [5.41, 5.74) is 3.83. The number of ether oxygens (including phenoxy) is 2. The number of carbonyl (C=O) groups excluding carboxylic acids is 2. The molecule has 2 fully saturated rings. The highest BCUT2D eigenvalue weighted by Crippen LogP contribution is 2.43. The Morgan fingerprint density at radius 2 is 1.70 bits per heavy atom. The van der Waals surface area contributed by atoms with Crippen LogP contribution in [0.15, 0.2) is 66.7 Å². The normalized spacial score (nSPS) is 15.6. The zero-order valence-corrected chi connectivity index (χ0v) is 27.0. The predicted molar refractivity (Wildman–Crippen MR) is 176 cm³/mol. The van der Waals surface area contributed by atoms with Gasteiger partial charge in [-0.3, -0.25) is 9.69 Å². The molecule has 46 heavy (non-hydrogen) atoms. The van der Waals surface area contributed by atoms with Crippen LogP contribution in [0.4, 0.5) is 10.1 Å². The van der Waals surface area contributed by atoms with Gasteiger partial charge in [0, 0.05) is 47.9 Å². The van der Waals surface area contributed by atoms with Crippen LogP contribution in [-0.2, 0) is 11.3 Å². The summed E-state index contributed by atoms with van der Waals surface area (Å²) in [5, 5.41) is 3.69. The highest BCUT2D eigenvalue weighted by molar-refractivity contribution is 6.31. The molecule has 0 radical (unpaired) electrons. The molecule has 1 aliphatic carbocycles. The van der Waals surface area contributed by atoms with Crippen molar-refractivity contribution in [1.82, 2.24) is 14.5 Å². The number of methoxy groups -OCH3 is 1. The number of aromatic nitrogens is 2. The minimum Gasteiger partial charge on any atom is -0.490 e. The number of carbonyl (C=O) groups is 2. The van der Waals surface area contributed by atoms with Crippen molar-refractivity contribution in [3.8, 4) is 17.0 Å². The molecule has 1 aliphatic heterocycles. The molecule has 240 valence electrons. The van der Waals surface area contributed by atoms with Crippen molar-refractivity contribution in [2.75, 3.05) is 25.5 Å². The largest absolute Gasteiger partial charge is 0.490 e. The molecule has 8 nitrogen and oxygen atoms in total. The molecule has 0 unspecified atom stereocenters. The van der Waals surface area contributed by atoms with E-state index in [4.69, 9.17) is 26.1 Å². The second kappa shape index (κ2) is 13.6. The SMILES string of the molecule is COC(=O)c1ccc(OC2CCN(Cc3cc(NC(=O)c4nc(C5CC5)n(C(C)C)c4-c4ccc(F)cc4)ccc3Cl)CC2)cc1. The third kappa shape index (κ3) is 7.11. The van der Waals surface area contributed by atoms with E-state index in [0.717, 1.165) is 61.5 Å². The fraction of sp³-hybridized carbons (Fsp3) is 0.361. The summed E-state index contributed by atoms with van der Waals surface area (Å²) in [7, 11) is 1.36. The number of halogens is 2. The minimum atomic E-state index is -0.374. The number of hydrogen-bond donors (Lipinski definition) is 1. The number of nitrogens with one attached hydrogen (secondary N) is 1. The Morgan fingerprint density at radius 1 is 1.00 bits per heavy atom. The number of amides is 1. The van der Waals surface area contributed by atoms with Gasteiger partial charge in [0.25, 0.3) is 5.91 Å². The summed E-state index contributed by atoms with van der Waals surface area (Å²) in [6.45, 7) is 6.45. The van der Waals surface area contributed by atoms with E-state index < -0.39 is 0 Å². The van der Waals surface area contributed by atoms with Crippen molar-refractivity contribution in [2.45, 2.75) is 64.1 Å². The molecule has 1 saturated heterocycles. The molecule has 2 heterocycles. The van der Waals surface area contributed by atoms with Crippen LogP contribution in [0.3, 0.4) is 0 Å². The van der Waals surface area contributed by atoms with E-state index in [1.165, 1.54) is 19.2 Å². The van der Waals surface area contributed by atoms with E-state index in [-0.39, 0.29) is 29.8 Å². The van der Waals surface area contributed by atoms with Crippen molar-refractivity contribution in [1.29, 1.82) is 0 Å². The molecule has 1 saturated carbocycles. The first-order valence-corrected chi connectivity index (χ1v) is 16.1. The van der Waals surface area contributed by atoms with Crippen LogP contribution < -0.4 is 10.1 Å². The van der Waals surface area contributed by atoms with Gasteiger partial charge < -0.3 is 19.4 Å². The van der Waals surface area contributed by atoms with Gasteiger partial charge in [0.05, 0.1) is 18.4 Å². The van der Waals surface area contributed by atoms with Gasteiger partial charge in [0.15, 0.2) is 5.69 Å². The van der Waals surface area contributed by atoms with Gasteiger partial charge in [-0.05, 0) is 112 Å². The number of rotatable bonds is 10. The van der Waals surface area contributed by atoms with Crippen LogP contribution in [-0.4, -0.2) is 52.6 Å². The fourth-order valence-electron chi connectivity index (χ4n) is 6.01. The molecule has 0 spiro atoms. The van der Waals surface area contributed by atoms with E-state index in [1.807, 2.05) is 12.1 Å². The summed E-state index contributed by atoms with van der Waals surface area (Å²) < 4.78 is 26.9. The number of nitrogens with zero attached hydrogens (tertiary/aromatic N) is 3. The summed E-state index contributed by atoms with van der Waals surface area (Å²) in [5.74, 6) is 0.939. The molecule has 1 aromatic heterocycles. The van der Waals surface area contributed by atoms with Gasteiger partial charge in [-0.1, -0.05) is 11.6 Å². The lowest BCUT2D eigenvalue weighted by Gasteiger charge is -2.32. The molecule has 10 heteroatoms. The van der Waals surface area contributed by atoms with Crippen molar-refractivity contribution >= 4 is 29.2 Å². The fourth-order valence-corrected chi connectivity index (χ4v) is 6.19. The van der Waals surface area contributed by atoms with Crippen LogP contribution in [0.1, 0.15) is 83.7 Å². The van der Waals surface area contributed by atoms with Crippen LogP contribution in [0.5, 0.6) is 5.75 Å². The Bertz CT molecular complexity index is 1710. The Labute approximate surface area is 273 Å². The maximum absolute atomic E-state index is 13.8. The number of imidazole rings is 1. The Morgan fingerprint density at radius 3 is 2.33 bits per heavy atom. The maximum atomic E-state index is 13.8. The van der Waals surface area contributed by atoms with Crippen molar-refractivity contribution in [3.63, 3.8) is 0 Å². The highest BCUT2D eigenvalue weighted by Gasteiger charge is 2.34. The summed E-state index contributed by atoms with van der Waals surface area (Å²) in [6, 6.07) is 18.8. The molecule has 1 amide bonds. The van der Waals surface area contributed by atoms with Gasteiger partial charge >= 0.3 is 5.97 Å². The van der Waals surface area contributed by atoms with E-state index in [1.54, 1.807) is 42.5 Å². The number of piperidine rings is 1. The Hall–Kier alpha value is -4.21. The second-order valence-corrected chi connectivity index (χ2v) is 12.7. The van der Waals surface area contributed by atoms with Crippen LogP contribution in [0.2, 0.25) is 5.02 Å². The van der Waals surface area contributed by atoms with E-state index in [2.05, 4.69) is 28.6 Å². The highest BCUT2D eigenvalue weighted by atomic mass is 35.5. The monoisotopic (exact) mass is 644 g/mol. The predicted octanol–water partition coefficient (Wildman–Crippen LogP) is 7.88. The third-order valence-corrected chi connectivity index (χ3v) is 8.91. The van der Waals surface area contributed by atoms with Gasteiger partial charge in [0.1, 0.15) is 23.5 Å². The van der Waals surface area contributed by atoms with E-state index in [9.17, 15) is 14.0 Å². The molecule has 0 atom stereocenters. The first kappa shape index (κ1) is 31.8. The molecular weight excluding hydrogens is 607 g/mol. The lowest BCUT2D eigenvalue weighted by Crippen LogP contribution is -2.37. The summed E-state index contributed by atoms with van der Waals surface area (Å²) in [4.78, 5) is 32.7. The number of likely N-dealkylation sites (tertiary alicyclic amines) is 1. The van der Waals surface area contributed by atoms with Gasteiger partial charge in [-0.15, -0.1) is 0 Å². The maximum Gasteiger partial charge on any atom is 0.337 e. The van der Waals surface area contributed by atoms with Crippen LogP contribution in [0, 0.1) is 5.82 Å². The first-order valence-electron chi connectivity index (χ1n) is 15.8. The van der Waals surface area contributed by atoms with Crippen molar-refractivity contribution in [2.24, 2.45) is 0 Å². The Kier molecular flexibility index (Phi) is 9.42. The topological polar surface area (TPSA) is 85.7 Å². The van der Waals surface area contributed by atoms with Crippen LogP contribution in [0.25, 0.3) is 11.3 Å². The van der Waals surface area contributed by atoms with Gasteiger partial charge in [-0.25, -0.2) is 14.2 Å². The average Bonchev–Trinajstić information content (AvgIpc) is 3.82. The quantitative estimate of drug-likeness (QED) is 0.177. The van der Waals surface area contributed by atoms with Gasteiger partial charge in [0.2, 0.25) is 0 Å². The number of esters is 1. The van der Waals surface area contributed by atoms with E-state index >= 15 is 0 Å². The van der Waals surface area contributed by atoms with E-state index in [0.29, 0.717) is 40.1 Å². The van der Waals surface area contributed by atoms with Crippen LogP contribution >= 0.6 is 11.6 Å². The zero-order valence-electron chi connectivity index (χ0n) is 26.3. The minimum absolute atomic E-state index is 0.0720. The molecule has 1 N–H and O–H groups in total. The lowest BCUT2D eigenvalue weighted by atomic mass is 10.1. The van der Waals surface area contributed by atoms with Crippen molar-refractivity contribution in [3.05, 3.63) is 100 Å².